The van der Waals surface area contributed by atoms with Gasteiger partial charge in [-0.3, -0.25) is 4.79 Å². The second-order valence-electron chi connectivity index (χ2n) is 17.3. The van der Waals surface area contributed by atoms with Crippen LogP contribution in [0.2, 0.25) is 0 Å². The summed E-state index contributed by atoms with van der Waals surface area (Å²) >= 11 is 0. The van der Waals surface area contributed by atoms with Gasteiger partial charge in [-0.2, -0.15) is 0 Å². The summed E-state index contributed by atoms with van der Waals surface area (Å²) in [6, 6.07) is 0. The monoisotopic (exact) mass is 674 g/mol. The molecule has 0 aromatic carbocycles. The Morgan fingerprint density at radius 3 is 1.12 bits per heavy atom. The molecule has 0 amide bonds. The van der Waals surface area contributed by atoms with Crippen LogP contribution < -0.4 is 0 Å². The van der Waals surface area contributed by atoms with Crippen molar-refractivity contribution in [3.8, 4) is 0 Å². The van der Waals surface area contributed by atoms with Crippen molar-refractivity contribution in [2.24, 2.45) is 35.5 Å². The van der Waals surface area contributed by atoms with Crippen molar-refractivity contribution in [2.75, 3.05) is 20.6 Å². The Balaban J connectivity index is 1.49. The van der Waals surface area contributed by atoms with E-state index in [4.69, 9.17) is 0 Å². The van der Waals surface area contributed by atoms with Crippen molar-refractivity contribution in [3.63, 3.8) is 0 Å². The Labute approximate surface area is 302 Å². The molecule has 0 radical (unpaired) electrons. The summed E-state index contributed by atoms with van der Waals surface area (Å²) in [7, 11) is 4.15. The Bertz CT molecular complexity index is 690. The van der Waals surface area contributed by atoms with Crippen LogP contribution in [0.25, 0.3) is 0 Å². The number of aliphatic carboxylic acids is 1. The minimum atomic E-state index is -0.549. The van der Waals surface area contributed by atoms with Crippen LogP contribution in [0.4, 0.5) is 0 Å². The fourth-order valence-corrected chi connectivity index (χ4v) is 8.95. The smallest absolute Gasteiger partial charge is 0.306 e. The van der Waals surface area contributed by atoms with E-state index < -0.39 is 5.97 Å². The van der Waals surface area contributed by atoms with Crippen molar-refractivity contribution >= 4 is 5.97 Å². The van der Waals surface area contributed by atoms with Gasteiger partial charge in [0.15, 0.2) is 0 Å². The van der Waals surface area contributed by atoms with Gasteiger partial charge < -0.3 is 10.0 Å². The van der Waals surface area contributed by atoms with Crippen LogP contribution in [-0.4, -0.2) is 36.6 Å². The highest BCUT2D eigenvalue weighted by Crippen LogP contribution is 2.46. The molecule has 0 heterocycles. The molecule has 2 saturated carbocycles. The number of hydrogen-bond acceptors (Lipinski definition) is 2. The lowest BCUT2D eigenvalue weighted by molar-refractivity contribution is -0.144. The molecule has 0 aliphatic heterocycles. The average molecular weight is 674 g/mol. The maximum absolute atomic E-state index is 12.3. The average Bonchev–Trinajstić information content (AvgIpc) is 3.99. The third-order valence-corrected chi connectivity index (χ3v) is 12.6. The lowest BCUT2D eigenvalue weighted by Gasteiger charge is -2.25. The van der Waals surface area contributed by atoms with Crippen LogP contribution in [0.15, 0.2) is 0 Å². The van der Waals surface area contributed by atoms with Crippen molar-refractivity contribution in [1.82, 2.24) is 4.90 Å². The van der Waals surface area contributed by atoms with Gasteiger partial charge in [0.1, 0.15) is 0 Å². The van der Waals surface area contributed by atoms with Crippen LogP contribution in [0.3, 0.4) is 0 Å². The van der Waals surface area contributed by atoms with Gasteiger partial charge in [-0.25, -0.2) is 0 Å². The summed E-state index contributed by atoms with van der Waals surface area (Å²) in [5, 5.41) is 10.2. The van der Waals surface area contributed by atoms with Crippen molar-refractivity contribution in [1.29, 1.82) is 0 Å². The molecule has 0 saturated heterocycles. The molecule has 284 valence electrons. The maximum Gasteiger partial charge on any atom is 0.306 e. The minimum Gasteiger partial charge on any atom is -0.481 e. The normalized spacial score (nSPS) is 21.5. The van der Waals surface area contributed by atoms with E-state index in [0.717, 1.165) is 49.5 Å². The van der Waals surface area contributed by atoms with Crippen LogP contribution in [0.1, 0.15) is 226 Å². The summed E-state index contributed by atoms with van der Waals surface area (Å²) in [4.78, 5) is 14.5. The molecule has 1 N–H and O–H groups in total. The number of unbranched alkanes of at least 4 members (excludes halogenated alkanes) is 20. The predicted octanol–water partition coefficient (Wildman–Crippen LogP) is 14.3. The molecule has 0 bridgehead atoms. The molecule has 2 aliphatic carbocycles. The van der Waals surface area contributed by atoms with E-state index in [9.17, 15) is 9.90 Å². The molecular weight excluding hydrogens is 587 g/mol. The number of carboxylic acids is 1. The van der Waals surface area contributed by atoms with Gasteiger partial charge >= 0.3 is 5.97 Å². The van der Waals surface area contributed by atoms with Crippen LogP contribution in [-0.2, 0) is 4.79 Å². The highest BCUT2D eigenvalue weighted by atomic mass is 16.4. The topological polar surface area (TPSA) is 40.5 Å². The summed E-state index contributed by atoms with van der Waals surface area (Å²) in [6.45, 7) is 5.49. The van der Waals surface area contributed by atoms with Crippen molar-refractivity contribution < 1.29 is 9.90 Å². The quantitative estimate of drug-likeness (QED) is 0.0667. The molecule has 0 aromatic heterocycles. The van der Waals surface area contributed by atoms with Gasteiger partial charge in [-0.05, 0) is 82.3 Å². The summed E-state index contributed by atoms with van der Waals surface area (Å²) in [5.41, 5.74) is 0. The Hall–Kier alpha value is -0.570. The minimum absolute atomic E-state index is 0.168. The Morgan fingerprint density at radius 1 is 0.500 bits per heavy atom. The highest BCUT2D eigenvalue weighted by Gasteiger charge is 2.35. The molecule has 5 atom stereocenters. The predicted molar refractivity (Wildman–Crippen MR) is 211 cm³/mol. The number of rotatable bonds is 37. The fraction of sp³-hybridized carbons (Fsp3) is 0.978. The molecule has 3 heteroatoms. The first-order chi connectivity index (χ1) is 23.5. The van der Waals surface area contributed by atoms with E-state index in [1.165, 1.54) is 193 Å². The van der Waals surface area contributed by atoms with Crippen molar-refractivity contribution in [2.45, 2.75) is 226 Å². The van der Waals surface area contributed by atoms with Gasteiger partial charge in [-0.1, -0.05) is 194 Å². The molecule has 3 nitrogen and oxygen atoms in total. The third kappa shape index (κ3) is 23.0. The van der Waals surface area contributed by atoms with Gasteiger partial charge in [0.05, 0.1) is 5.92 Å². The van der Waals surface area contributed by atoms with E-state index in [0.29, 0.717) is 5.92 Å². The Kier molecular flexibility index (Phi) is 26.4. The number of hydrogen-bond donors (Lipinski definition) is 1. The standard InChI is InChI=1S/C45H87NO2/c1-5-7-9-11-17-25-31-40-37-42(40)33-27-21-15-13-19-23-29-39(44(45(47)48)35-36-46(3)4)30-24-20-14-16-22-28-34-43-38-41(43)32-26-18-12-10-8-6-2/h39-44H,5-38H2,1-4H3,(H,47,48). The van der Waals surface area contributed by atoms with Crippen LogP contribution in [0, 0.1) is 35.5 Å². The number of carbonyl (C=O) groups is 1. The van der Waals surface area contributed by atoms with Crippen molar-refractivity contribution in [3.05, 3.63) is 0 Å². The molecular formula is C45H87NO2. The molecule has 0 aromatic rings. The van der Waals surface area contributed by atoms with Crippen LogP contribution in [0.5, 0.6) is 0 Å². The Morgan fingerprint density at radius 2 is 0.812 bits per heavy atom. The molecule has 2 aliphatic rings. The van der Waals surface area contributed by atoms with E-state index in [-0.39, 0.29) is 5.92 Å². The second-order valence-corrected chi connectivity index (χ2v) is 17.3. The fourth-order valence-electron chi connectivity index (χ4n) is 8.95. The first-order valence-corrected chi connectivity index (χ1v) is 22.3. The van der Waals surface area contributed by atoms with Gasteiger partial charge in [0, 0.05) is 0 Å². The van der Waals surface area contributed by atoms with E-state index in [1.807, 2.05) is 0 Å². The van der Waals surface area contributed by atoms with Crippen LogP contribution >= 0.6 is 0 Å². The first-order valence-electron chi connectivity index (χ1n) is 22.3. The molecule has 2 rings (SSSR count). The molecule has 48 heavy (non-hydrogen) atoms. The summed E-state index contributed by atoms with van der Waals surface area (Å²) < 4.78 is 0. The van der Waals surface area contributed by atoms with Gasteiger partial charge in [0.2, 0.25) is 0 Å². The number of carboxylic acid groups (broad SMARTS) is 1. The van der Waals surface area contributed by atoms with E-state index in [2.05, 4.69) is 32.8 Å². The zero-order chi connectivity index (χ0) is 34.7. The second kappa shape index (κ2) is 29.1. The van der Waals surface area contributed by atoms with E-state index >= 15 is 0 Å². The SMILES string of the molecule is CCCCCCCCC1CC1CCCCCCCCC(CCCCCCCCC1CC1CCCCCCCC)C(CCN(C)C)C(=O)O. The van der Waals surface area contributed by atoms with Gasteiger partial charge in [-0.15, -0.1) is 0 Å². The maximum atomic E-state index is 12.3. The summed E-state index contributed by atoms with van der Waals surface area (Å²) in [5.74, 6) is 3.91. The lowest BCUT2D eigenvalue weighted by Crippen LogP contribution is -2.28. The third-order valence-electron chi connectivity index (χ3n) is 12.6. The zero-order valence-corrected chi connectivity index (χ0v) is 33.3. The lowest BCUT2D eigenvalue weighted by atomic mass is 9.81. The molecule has 5 unspecified atom stereocenters. The summed E-state index contributed by atoms with van der Waals surface area (Å²) in [6.07, 6.45) is 45.5. The zero-order valence-electron chi connectivity index (χ0n) is 33.3. The molecule has 2 fully saturated rings. The van der Waals surface area contributed by atoms with E-state index in [1.54, 1.807) is 0 Å². The first kappa shape index (κ1) is 43.6. The molecule has 0 spiro atoms. The highest BCUT2D eigenvalue weighted by molar-refractivity contribution is 5.70. The number of nitrogens with zero attached hydrogens (tertiary/aromatic N) is 1. The largest absolute Gasteiger partial charge is 0.481 e. The van der Waals surface area contributed by atoms with Gasteiger partial charge in [0.25, 0.3) is 0 Å².